The molecule has 2 aliphatic carbocycles. The minimum absolute atomic E-state index is 0.0423. The van der Waals surface area contributed by atoms with E-state index in [-0.39, 0.29) is 11.9 Å². The van der Waals surface area contributed by atoms with Gasteiger partial charge in [0.1, 0.15) is 0 Å². The van der Waals surface area contributed by atoms with Crippen LogP contribution in [0, 0.1) is 11.3 Å². The van der Waals surface area contributed by atoms with Gasteiger partial charge >= 0.3 is 5.97 Å². The molecule has 3 nitrogen and oxygen atoms in total. The van der Waals surface area contributed by atoms with Gasteiger partial charge in [-0.05, 0) is 36.7 Å². The van der Waals surface area contributed by atoms with Crippen LogP contribution in [0.4, 0.5) is 0 Å². The van der Waals surface area contributed by atoms with E-state index in [1.165, 1.54) is 12.7 Å². The Morgan fingerprint density at radius 3 is 2.33 bits per heavy atom. The molecule has 116 valence electrons. The minimum Gasteiger partial charge on any atom is -0.469 e. The van der Waals surface area contributed by atoms with E-state index in [1.54, 1.807) is 0 Å². The molecule has 0 aromatic heterocycles. The molecule has 0 unspecified atom stereocenters. The number of carbonyl (C=O) groups excluding carboxylic acids is 1. The van der Waals surface area contributed by atoms with Crippen LogP contribution in [0.5, 0.6) is 0 Å². The highest BCUT2D eigenvalue weighted by molar-refractivity contribution is 5.73. The number of ether oxygens (including phenoxy) is 2. The Balaban J connectivity index is 0.000000774. The lowest BCUT2D eigenvalue weighted by Gasteiger charge is -2.56. The molecule has 0 bridgehead atoms. The smallest absolute Gasteiger partial charge is 0.308 e. The molecule has 0 radical (unpaired) electrons. The highest BCUT2D eigenvalue weighted by Crippen LogP contribution is 2.59. The zero-order chi connectivity index (χ0) is 15.3. The van der Waals surface area contributed by atoms with Gasteiger partial charge in [0.2, 0.25) is 0 Å². The topological polar surface area (TPSA) is 35.5 Å². The van der Waals surface area contributed by atoms with Crippen LogP contribution in [0.15, 0.2) is 30.3 Å². The van der Waals surface area contributed by atoms with Gasteiger partial charge < -0.3 is 9.47 Å². The van der Waals surface area contributed by atoms with Crippen LogP contribution in [0.25, 0.3) is 0 Å². The summed E-state index contributed by atoms with van der Waals surface area (Å²) in [6, 6.07) is 10.3. The Hall–Kier alpha value is -1.35. The van der Waals surface area contributed by atoms with E-state index in [1.807, 2.05) is 32.0 Å². The highest BCUT2D eigenvalue weighted by Gasteiger charge is 2.55. The van der Waals surface area contributed by atoms with Gasteiger partial charge in [0.15, 0.2) is 0 Å². The third-order valence-corrected chi connectivity index (χ3v) is 4.54. The molecule has 1 aromatic rings. The minimum atomic E-state index is -0.0423. The van der Waals surface area contributed by atoms with Crippen molar-refractivity contribution < 1.29 is 14.3 Å². The molecule has 0 saturated heterocycles. The van der Waals surface area contributed by atoms with E-state index in [4.69, 9.17) is 9.47 Å². The monoisotopic (exact) mass is 290 g/mol. The molecule has 2 aliphatic rings. The molecule has 1 spiro atoms. The lowest BCUT2D eigenvalue weighted by molar-refractivity contribution is -0.174. The SMILES string of the molecule is CC.COC(=O)C1CC2(CC(OCc3ccccc3)C2)C1. The van der Waals surface area contributed by atoms with Crippen molar-refractivity contribution in [1.29, 1.82) is 0 Å². The number of hydrogen-bond acceptors (Lipinski definition) is 3. The van der Waals surface area contributed by atoms with Crippen LogP contribution in [0.1, 0.15) is 45.1 Å². The number of esters is 1. The summed E-state index contributed by atoms with van der Waals surface area (Å²) < 4.78 is 10.7. The molecule has 0 atom stereocenters. The van der Waals surface area contributed by atoms with Crippen molar-refractivity contribution in [2.75, 3.05) is 7.11 Å². The van der Waals surface area contributed by atoms with Gasteiger partial charge in [-0.15, -0.1) is 0 Å². The number of rotatable bonds is 4. The van der Waals surface area contributed by atoms with Gasteiger partial charge in [0.05, 0.1) is 25.7 Å². The van der Waals surface area contributed by atoms with E-state index >= 15 is 0 Å². The summed E-state index contributed by atoms with van der Waals surface area (Å²) in [5.41, 5.74) is 1.62. The lowest BCUT2D eigenvalue weighted by Crippen LogP contribution is -2.52. The van der Waals surface area contributed by atoms with Crippen molar-refractivity contribution >= 4 is 5.97 Å². The summed E-state index contributed by atoms with van der Waals surface area (Å²) in [6.45, 7) is 4.70. The van der Waals surface area contributed by atoms with Crippen molar-refractivity contribution in [2.45, 2.75) is 52.2 Å². The first-order valence-corrected chi connectivity index (χ1v) is 7.94. The van der Waals surface area contributed by atoms with Gasteiger partial charge in [-0.1, -0.05) is 44.2 Å². The zero-order valence-electron chi connectivity index (χ0n) is 13.3. The number of carbonyl (C=O) groups is 1. The maximum atomic E-state index is 11.4. The summed E-state index contributed by atoms with van der Waals surface area (Å²) in [7, 11) is 1.47. The van der Waals surface area contributed by atoms with Crippen LogP contribution < -0.4 is 0 Å². The average Bonchev–Trinajstić information content (AvgIpc) is 2.46. The summed E-state index contributed by atoms with van der Waals surface area (Å²) in [6.07, 6.45) is 4.56. The quantitative estimate of drug-likeness (QED) is 0.787. The van der Waals surface area contributed by atoms with E-state index in [0.717, 1.165) is 25.7 Å². The highest BCUT2D eigenvalue weighted by atomic mass is 16.5. The molecule has 0 N–H and O–H groups in total. The summed E-state index contributed by atoms with van der Waals surface area (Å²) in [5.74, 6) is 0.0966. The van der Waals surface area contributed by atoms with Crippen molar-refractivity contribution in [1.82, 2.24) is 0 Å². The first-order valence-electron chi connectivity index (χ1n) is 7.94. The number of hydrogen-bond donors (Lipinski definition) is 0. The molecule has 2 saturated carbocycles. The molecule has 0 amide bonds. The maximum absolute atomic E-state index is 11.4. The van der Waals surface area contributed by atoms with E-state index in [9.17, 15) is 4.79 Å². The van der Waals surface area contributed by atoms with Gasteiger partial charge in [-0.3, -0.25) is 4.79 Å². The van der Waals surface area contributed by atoms with Crippen LogP contribution in [-0.2, 0) is 20.9 Å². The van der Waals surface area contributed by atoms with Crippen molar-refractivity contribution in [3.63, 3.8) is 0 Å². The van der Waals surface area contributed by atoms with Crippen molar-refractivity contribution in [3.05, 3.63) is 35.9 Å². The van der Waals surface area contributed by atoms with Crippen LogP contribution in [-0.4, -0.2) is 19.2 Å². The standard InChI is InChI=1S/C16H20O3.C2H6/c1-18-15(17)13-7-16(8-13)9-14(10-16)19-11-12-5-3-2-4-6-12;1-2/h2-6,13-14H,7-11H2,1H3;1-2H3. The number of methoxy groups -OCH3 is 1. The molecular formula is C18H26O3. The van der Waals surface area contributed by atoms with Gasteiger partial charge in [-0.2, -0.15) is 0 Å². The zero-order valence-corrected chi connectivity index (χ0v) is 13.3. The molecule has 0 aliphatic heterocycles. The predicted octanol–water partition coefficient (Wildman–Crippen LogP) is 3.96. The van der Waals surface area contributed by atoms with Gasteiger partial charge in [-0.25, -0.2) is 0 Å². The second kappa shape index (κ2) is 7.08. The third kappa shape index (κ3) is 3.65. The summed E-state index contributed by atoms with van der Waals surface area (Å²) >= 11 is 0. The summed E-state index contributed by atoms with van der Waals surface area (Å²) in [5, 5.41) is 0. The average molecular weight is 290 g/mol. The van der Waals surface area contributed by atoms with Crippen LogP contribution >= 0.6 is 0 Å². The first kappa shape index (κ1) is 16.0. The molecule has 0 heterocycles. The molecule has 2 fully saturated rings. The fraction of sp³-hybridized carbons (Fsp3) is 0.611. The third-order valence-electron chi connectivity index (χ3n) is 4.54. The van der Waals surface area contributed by atoms with Gasteiger partial charge in [0.25, 0.3) is 0 Å². The van der Waals surface area contributed by atoms with Crippen LogP contribution in [0.2, 0.25) is 0 Å². The van der Waals surface area contributed by atoms with Crippen LogP contribution in [0.3, 0.4) is 0 Å². The van der Waals surface area contributed by atoms with E-state index < -0.39 is 0 Å². The molecule has 21 heavy (non-hydrogen) atoms. The Morgan fingerprint density at radius 1 is 1.14 bits per heavy atom. The second-order valence-electron chi connectivity index (χ2n) is 5.96. The lowest BCUT2D eigenvalue weighted by atomic mass is 9.50. The Morgan fingerprint density at radius 2 is 1.76 bits per heavy atom. The first-order chi connectivity index (χ1) is 10.2. The molecule has 1 aromatic carbocycles. The summed E-state index contributed by atoms with van der Waals surface area (Å²) in [4.78, 5) is 11.4. The maximum Gasteiger partial charge on any atom is 0.308 e. The molecule has 3 heteroatoms. The van der Waals surface area contributed by atoms with Gasteiger partial charge in [0, 0.05) is 0 Å². The van der Waals surface area contributed by atoms with E-state index in [0.29, 0.717) is 18.1 Å². The normalized spacial score (nSPS) is 29.7. The van der Waals surface area contributed by atoms with Crippen molar-refractivity contribution in [3.8, 4) is 0 Å². The predicted molar refractivity (Wildman–Crippen MR) is 82.8 cm³/mol. The molecule has 3 rings (SSSR count). The van der Waals surface area contributed by atoms with E-state index in [2.05, 4.69) is 12.1 Å². The second-order valence-corrected chi connectivity index (χ2v) is 5.96. The molecular weight excluding hydrogens is 264 g/mol. The fourth-order valence-electron chi connectivity index (χ4n) is 3.46. The fourth-order valence-corrected chi connectivity index (χ4v) is 3.46. The Bertz CT molecular complexity index is 441. The largest absolute Gasteiger partial charge is 0.469 e. The Kier molecular flexibility index (Phi) is 5.40. The Labute approximate surface area is 127 Å². The van der Waals surface area contributed by atoms with Crippen molar-refractivity contribution in [2.24, 2.45) is 11.3 Å². The number of benzene rings is 1.